The van der Waals surface area contributed by atoms with Gasteiger partial charge in [-0.05, 0) is 106 Å². The Bertz CT molecular complexity index is 1020. The molecule has 1 heterocycles. The Hall–Kier alpha value is -1.99. The van der Waals surface area contributed by atoms with Gasteiger partial charge >= 0.3 is 0 Å². The molecule has 0 saturated carbocycles. The molecule has 0 aliphatic rings. The molecule has 2 aromatic carbocycles. The Morgan fingerprint density at radius 3 is 1.81 bits per heavy atom. The Labute approximate surface area is 174 Å². The molecule has 3 aromatic rings. The summed E-state index contributed by atoms with van der Waals surface area (Å²) in [4.78, 5) is 8.35. The van der Waals surface area contributed by atoms with Crippen LogP contribution in [0, 0.1) is 33.5 Å². The van der Waals surface area contributed by atoms with E-state index < -0.39 is 5.82 Å². The summed E-state index contributed by atoms with van der Waals surface area (Å²) >= 11 is 7.05. The zero-order valence-corrected chi connectivity index (χ0v) is 18.6. The quantitative estimate of drug-likeness (QED) is 0.416. The van der Waals surface area contributed by atoms with Crippen molar-refractivity contribution in [3.8, 4) is 0 Å². The van der Waals surface area contributed by atoms with Gasteiger partial charge in [0.1, 0.15) is 0 Å². The van der Waals surface area contributed by atoms with Crippen molar-refractivity contribution < 1.29 is 4.39 Å². The van der Waals surface area contributed by atoms with Crippen molar-refractivity contribution >= 4 is 55.0 Å². The van der Waals surface area contributed by atoms with Gasteiger partial charge in [0.05, 0.1) is 17.6 Å². The number of anilines is 4. The highest BCUT2D eigenvalue weighted by Crippen LogP contribution is 2.31. The molecule has 7 heteroatoms. The molecular formula is C20H19Br2FN4. The number of halogens is 3. The number of benzene rings is 2. The summed E-state index contributed by atoms with van der Waals surface area (Å²) < 4.78 is 16.0. The molecule has 0 fully saturated rings. The van der Waals surface area contributed by atoms with Crippen molar-refractivity contribution in [3.05, 3.63) is 67.5 Å². The second-order valence-corrected chi connectivity index (χ2v) is 8.18. The van der Waals surface area contributed by atoms with E-state index >= 15 is 0 Å². The van der Waals surface area contributed by atoms with E-state index in [0.29, 0.717) is 5.95 Å². The smallest absolute Gasteiger partial charge is 0.229 e. The first kappa shape index (κ1) is 19.8. The van der Waals surface area contributed by atoms with Crippen LogP contribution in [-0.2, 0) is 0 Å². The first-order valence-corrected chi connectivity index (χ1v) is 9.93. The molecule has 2 N–H and O–H groups in total. The first-order chi connectivity index (χ1) is 12.7. The van der Waals surface area contributed by atoms with E-state index in [-0.39, 0.29) is 5.82 Å². The molecule has 4 nitrogen and oxygen atoms in total. The topological polar surface area (TPSA) is 49.8 Å². The lowest BCUT2D eigenvalue weighted by atomic mass is 10.1. The van der Waals surface area contributed by atoms with Crippen molar-refractivity contribution in [3.63, 3.8) is 0 Å². The van der Waals surface area contributed by atoms with Gasteiger partial charge in [-0.15, -0.1) is 0 Å². The molecule has 1 aromatic heterocycles. The maximum absolute atomic E-state index is 14.3. The molecule has 140 valence electrons. The maximum Gasteiger partial charge on any atom is 0.229 e. The van der Waals surface area contributed by atoms with Gasteiger partial charge in [0.2, 0.25) is 5.95 Å². The predicted octanol–water partition coefficient (Wildman–Crippen LogP) is 6.86. The maximum atomic E-state index is 14.3. The van der Waals surface area contributed by atoms with Crippen LogP contribution in [0.2, 0.25) is 0 Å². The Morgan fingerprint density at radius 1 is 0.778 bits per heavy atom. The monoisotopic (exact) mass is 492 g/mol. The number of hydrogen-bond donors (Lipinski definition) is 2. The number of aryl methyl sites for hydroxylation is 4. The number of aromatic nitrogens is 2. The van der Waals surface area contributed by atoms with Gasteiger partial charge in [-0.1, -0.05) is 0 Å². The fourth-order valence-corrected chi connectivity index (χ4v) is 3.63. The molecule has 0 saturated heterocycles. The molecule has 0 amide bonds. The summed E-state index contributed by atoms with van der Waals surface area (Å²) in [5.74, 6) is -0.107. The summed E-state index contributed by atoms with van der Waals surface area (Å²) in [5.41, 5.74) is 6.14. The third-order valence-electron chi connectivity index (χ3n) is 4.41. The van der Waals surface area contributed by atoms with Crippen LogP contribution >= 0.6 is 31.9 Å². The summed E-state index contributed by atoms with van der Waals surface area (Å²) in [7, 11) is 0. The van der Waals surface area contributed by atoms with Crippen LogP contribution in [0.1, 0.15) is 22.3 Å². The average Bonchev–Trinajstić information content (AvgIpc) is 2.60. The van der Waals surface area contributed by atoms with Crippen molar-refractivity contribution in [2.75, 3.05) is 10.6 Å². The minimum Gasteiger partial charge on any atom is -0.337 e. The third-order valence-corrected chi connectivity index (χ3v) is 5.72. The SMILES string of the molecule is Cc1cc(Br)c(Nc2ncc(F)c(Nc3cc(C)c(C)cc3Br)n2)cc1C. The fraction of sp³-hybridized carbons (Fsp3) is 0.200. The predicted molar refractivity (Wildman–Crippen MR) is 116 cm³/mol. The Kier molecular flexibility index (Phi) is 5.81. The van der Waals surface area contributed by atoms with Gasteiger partial charge in [0.15, 0.2) is 11.6 Å². The highest BCUT2D eigenvalue weighted by Gasteiger charge is 2.12. The van der Waals surface area contributed by atoms with Crippen LogP contribution in [0.25, 0.3) is 0 Å². The molecule has 27 heavy (non-hydrogen) atoms. The second kappa shape index (κ2) is 7.94. The van der Waals surface area contributed by atoms with Gasteiger partial charge in [-0.2, -0.15) is 4.98 Å². The van der Waals surface area contributed by atoms with Gasteiger partial charge in [0.25, 0.3) is 0 Å². The van der Waals surface area contributed by atoms with Gasteiger partial charge < -0.3 is 10.6 Å². The van der Waals surface area contributed by atoms with E-state index in [1.165, 1.54) is 5.56 Å². The number of nitrogens with zero attached hydrogens (tertiary/aromatic N) is 2. The lowest BCUT2D eigenvalue weighted by Crippen LogP contribution is -2.04. The van der Waals surface area contributed by atoms with Crippen LogP contribution in [0.15, 0.2) is 39.4 Å². The molecule has 0 aliphatic carbocycles. The van der Waals surface area contributed by atoms with E-state index in [4.69, 9.17) is 0 Å². The molecule has 0 unspecified atom stereocenters. The van der Waals surface area contributed by atoms with E-state index in [0.717, 1.165) is 43.2 Å². The van der Waals surface area contributed by atoms with Crippen LogP contribution in [0.3, 0.4) is 0 Å². The van der Waals surface area contributed by atoms with Crippen LogP contribution < -0.4 is 10.6 Å². The van der Waals surface area contributed by atoms with Crippen molar-refractivity contribution in [1.82, 2.24) is 9.97 Å². The number of hydrogen-bond acceptors (Lipinski definition) is 4. The number of nitrogens with one attached hydrogen (secondary N) is 2. The van der Waals surface area contributed by atoms with Gasteiger partial charge in [0, 0.05) is 8.95 Å². The van der Waals surface area contributed by atoms with Gasteiger partial charge in [-0.3, -0.25) is 0 Å². The largest absolute Gasteiger partial charge is 0.337 e. The minimum atomic E-state index is -0.523. The number of rotatable bonds is 4. The molecule has 0 bridgehead atoms. The Balaban J connectivity index is 1.91. The summed E-state index contributed by atoms with van der Waals surface area (Å²) in [6.07, 6.45) is 1.15. The second-order valence-electron chi connectivity index (χ2n) is 6.47. The Morgan fingerprint density at radius 2 is 1.26 bits per heavy atom. The highest BCUT2D eigenvalue weighted by atomic mass is 79.9. The zero-order chi connectivity index (χ0) is 19.7. The lowest BCUT2D eigenvalue weighted by Gasteiger charge is -2.13. The van der Waals surface area contributed by atoms with Crippen molar-refractivity contribution in [1.29, 1.82) is 0 Å². The van der Waals surface area contributed by atoms with Crippen LogP contribution in [0.4, 0.5) is 27.5 Å². The minimum absolute atomic E-state index is 0.108. The molecule has 0 aliphatic heterocycles. The molecule has 0 spiro atoms. The van der Waals surface area contributed by atoms with E-state index in [1.54, 1.807) is 0 Å². The first-order valence-electron chi connectivity index (χ1n) is 8.34. The average molecular weight is 494 g/mol. The third kappa shape index (κ3) is 4.47. The fourth-order valence-electron chi connectivity index (χ4n) is 2.52. The van der Waals surface area contributed by atoms with Gasteiger partial charge in [-0.25, -0.2) is 9.37 Å². The standard InChI is InChI=1S/C20H19Br2FN4/c1-10-5-14(21)17(7-12(10)3)25-19-16(23)9-24-20(27-19)26-18-8-13(4)11(2)6-15(18)22/h5-9H,1-4H3,(H2,24,25,26,27). The highest BCUT2D eigenvalue weighted by molar-refractivity contribution is 9.11. The normalized spacial score (nSPS) is 10.8. The van der Waals surface area contributed by atoms with E-state index in [2.05, 4.69) is 52.5 Å². The van der Waals surface area contributed by atoms with E-state index in [1.807, 2.05) is 52.0 Å². The lowest BCUT2D eigenvalue weighted by molar-refractivity contribution is 0.619. The van der Waals surface area contributed by atoms with Crippen LogP contribution in [-0.4, -0.2) is 9.97 Å². The molecular weight excluding hydrogens is 475 g/mol. The summed E-state index contributed by atoms with van der Waals surface area (Å²) in [6.45, 7) is 8.11. The molecule has 3 rings (SSSR count). The zero-order valence-electron chi connectivity index (χ0n) is 15.4. The summed E-state index contributed by atoms with van der Waals surface area (Å²) in [6, 6.07) is 7.96. The van der Waals surface area contributed by atoms with Crippen molar-refractivity contribution in [2.24, 2.45) is 0 Å². The molecule has 0 radical (unpaired) electrons. The summed E-state index contributed by atoms with van der Waals surface area (Å²) in [5, 5.41) is 6.19. The molecule has 0 atom stereocenters. The van der Waals surface area contributed by atoms with E-state index in [9.17, 15) is 4.39 Å². The van der Waals surface area contributed by atoms with Crippen molar-refractivity contribution in [2.45, 2.75) is 27.7 Å². The van der Waals surface area contributed by atoms with Crippen LogP contribution in [0.5, 0.6) is 0 Å².